The molecule has 0 spiro atoms. The molecule has 1 amide bonds. The number of carbonyl (C=O) groups excluding carboxylic acids is 1. The molecule has 3 heterocycles. The van der Waals surface area contributed by atoms with Crippen LogP contribution in [0.15, 0.2) is 66.9 Å². The van der Waals surface area contributed by atoms with Gasteiger partial charge in [0.15, 0.2) is 5.69 Å². The lowest BCUT2D eigenvalue weighted by Gasteiger charge is -2.33. The Kier molecular flexibility index (Phi) is 7.96. The van der Waals surface area contributed by atoms with Crippen molar-refractivity contribution in [1.29, 1.82) is 0 Å². The van der Waals surface area contributed by atoms with E-state index in [1.54, 1.807) is 11.0 Å². The molecule has 0 aliphatic carbocycles. The number of benzene rings is 2. The predicted octanol–water partition coefficient (Wildman–Crippen LogP) is 6.83. The van der Waals surface area contributed by atoms with Gasteiger partial charge in [-0.25, -0.2) is 19.3 Å². The quantitative estimate of drug-likeness (QED) is 0.270. The molecule has 0 saturated carbocycles. The third kappa shape index (κ3) is 7.02. The summed E-state index contributed by atoms with van der Waals surface area (Å²) in [5.74, 6) is -0.958. The van der Waals surface area contributed by atoms with Crippen molar-refractivity contribution in [2.75, 3.05) is 13.1 Å². The number of carbonyl (C=O) groups is 2. The number of halogens is 3. The summed E-state index contributed by atoms with van der Waals surface area (Å²) in [5, 5.41) is 17.8. The summed E-state index contributed by atoms with van der Waals surface area (Å²) in [4.78, 5) is 30.3. The third-order valence-corrected chi connectivity index (χ3v) is 7.12. The molecular weight excluding hydrogens is 563 g/mol. The molecule has 12 heteroatoms. The summed E-state index contributed by atoms with van der Waals surface area (Å²) >= 11 is 0. The first-order chi connectivity index (χ1) is 20.3. The Hall–Kier alpha value is -4.74. The molecule has 43 heavy (non-hydrogen) atoms. The molecule has 1 aliphatic heterocycles. The predicted molar refractivity (Wildman–Crippen MR) is 152 cm³/mol. The van der Waals surface area contributed by atoms with Gasteiger partial charge in [-0.1, -0.05) is 41.6 Å². The number of likely N-dealkylation sites (tertiary alicyclic amines) is 1. The Bertz CT molecular complexity index is 1620. The molecule has 1 N–H and O–H groups in total. The van der Waals surface area contributed by atoms with Crippen molar-refractivity contribution in [3.8, 4) is 28.2 Å². The normalized spacial score (nSPS) is 14.5. The van der Waals surface area contributed by atoms with E-state index in [0.29, 0.717) is 41.3 Å². The zero-order chi connectivity index (χ0) is 30.9. The maximum atomic E-state index is 12.9. The van der Waals surface area contributed by atoms with Gasteiger partial charge in [-0.2, -0.15) is 13.2 Å². The molecule has 2 aromatic heterocycles. The SMILES string of the molecule is CC(C)(C)OC(=O)N1CCC(c2ccc(-c3cc(-n4cc(-c5ccc(C(F)(F)F)cc5)nn4)cc(C(=O)O)n3)cc2)CC1. The lowest BCUT2D eigenvalue weighted by atomic mass is 9.89. The van der Waals surface area contributed by atoms with Crippen LogP contribution in [0.1, 0.15) is 61.1 Å². The number of amides is 1. The summed E-state index contributed by atoms with van der Waals surface area (Å²) in [6.45, 7) is 6.72. The second-order valence-corrected chi connectivity index (χ2v) is 11.4. The van der Waals surface area contributed by atoms with Gasteiger partial charge in [-0.3, -0.25) is 0 Å². The number of rotatable bonds is 5. The van der Waals surface area contributed by atoms with Crippen molar-refractivity contribution in [2.45, 2.75) is 51.3 Å². The zero-order valence-corrected chi connectivity index (χ0v) is 23.8. The minimum atomic E-state index is -4.45. The molecule has 5 rings (SSSR count). The summed E-state index contributed by atoms with van der Waals surface area (Å²) in [7, 11) is 0. The zero-order valence-electron chi connectivity index (χ0n) is 23.8. The maximum absolute atomic E-state index is 12.9. The Morgan fingerprint density at radius 2 is 1.51 bits per heavy atom. The first-order valence-corrected chi connectivity index (χ1v) is 13.7. The van der Waals surface area contributed by atoms with Crippen LogP contribution < -0.4 is 0 Å². The van der Waals surface area contributed by atoms with Gasteiger partial charge in [-0.05, 0) is 69.4 Å². The van der Waals surface area contributed by atoms with Crippen LogP contribution in [0.4, 0.5) is 18.0 Å². The molecule has 0 bridgehead atoms. The minimum Gasteiger partial charge on any atom is -0.477 e. The number of nitrogens with zero attached hydrogens (tertiary/aromatic N) is 5. The number of alkyl halides is 3. The number of carboxylic acid groups (broad SMARTS) is 1. The Morgan fingerprint density at radius 1 is 0.907 bits per heavy atom. The maximum Gasteiger partial charge on any atom is 0.416 e. The number of aromatic nitrogens is 4. The third-order valence-electron chi connectivity index (χ3n) is 7.12. The fraction of sp³-hybridized carbons (Fsp3) is 0.323. The molecular formula is C31H30F3N5O4. The van der Waals surface area contributed by atoms with Crippen LogP contribution in [-0.4, -0.2) is 60.7 Å². The Morgan fingerprint density at radius 3 is 2.09 bits per heavy atom. The van der Waals surface area contributed by atoms with Gasteiger partial charge in [0.25, 0.3) is 0 Å². The van der Waals surface area contributed by atoms with Gasteiger partial charge in [0.1, 0.15) is 11.3 Å². The topological polar surface area (TPSA) is 110 Å². The van der Waals surface area contributed by atoms with Crippen molar-refractivity contribution >= 4 is 12.1 Å². The number of hydrogen-bond donors (Lipinski definition) is 1. The van der Waals surface area contributed by atoms with E-state index in [1.807, 2.05) is 45.0 Å². The second-order valence-electron chi connectivity index (χ2n) is 11.4. The van der Waals surface area contributed by atoms with Crippen LogP contribution in [0.2, 0.25) is 0 Å². The first-order valence-electron chi connectivity index (χ1n) is 13.7. The molecule has 0 atom stereocenters. The molecule has 0 radical (unpaired) electrons. The van der Waals surface area contributed by atoms with E-state index >= 15 is 0 Å². The highest BCUT2D eigenvalue weighted by Gasteiger charge is 2.30. The van der Waals surface area contributed by atoms with Gasteiger partial charge in [0.2, 0.25) is 0 Å². The van der Waals surface area contributed by atoms with Crippen LogP contribution >= 0.6 is 0 Å². The van der Waals surface area contributed by atoms with Crippen LogP contribution in [0, 0.1) is 0 Å². The summed E-state index contributed by atoms with van der Waals surface area (Å²) in [5.41, 5.74) is 1.84. The number of pyridine rings is 1. The molecule has 4 aromatic rings. The second kappa shape index (κ2) is 11.5. The van der Waals surface area contributed by atoms with Gasteiger partial charge in [-0.15, -0.1) is 5.10 Å². The summed E-state index contributed by atoms with van der Waals surface area (Å²) in [6.07, 6.45) is -1.65. The summed E-state index contributed by atoms with van der Waals surface area (Å²) < 4.78 is 45.6. The standard InChI is InChI=1S/C31H30F3N5O4/c1-30(2,3)43-29(42)38-14-12-20(13-15-38)19-4-6-21(7-5-19)25-16-24(17-26(35-25)28(40)41)39-18-27(36-37-39)22-8-10-23(11-9-22)31(32,33)34/h4-11,16-18,20H,12-15H2,1-3H3,(H,40,41). The largest absolute Gasteiger partial charge is 0.477 e. The fourth-order valence-electron chi connectivity index (χ4n) is 4.91. The van der Waals surface area contributed by atoms with Crippen molar-refractivity contribution in [2.24, 2.45) is 0 Å². The first kappa shape index (κ1) is 29.7. The molecule has 1 fully saturated rings. The van der Waals surface area contributed by atoms with E-state index < -0.39 is 23.3 Å². The number of hydrogen-bond acceptors (Lipinski definition) is 6. The summed E-state index contributed by atoms with van der Waals surface area (Å²) in [6, 6.07) is 15.3. The smallest absolute Gasteiger partial charge is 0.416 e. The van der Waals surface area contributed by atoms with Crippen molar-refractivity contribution in [3.05, 3.63) is 83.7 Å². The highest BCUT2D eigenvalue weighted by molar-refractivity contribution is 5.87. The van der Waals surface area contributed by atoms with Crippen LogP contribution in [0.5, 0.6) is 0 Å². The van der Waals surface area contributed by atoms with E-state index in [1.165, 1.54) is 29.1 Å². The van der Waals surface area contributed by atoms with Crippen LogP contribution in [0.25, 0.3) is 28.2 Å². The van der Waals surface area contributed by atoms with Crippen LogP contribution in [-0.2, 0) is 10.9 Å². The van der Waals surface area contributed by atoms with E-state index in [4.69, 9.17) is 4.74 Å². The Labute approximate surface area is 245 Å². The highest BCUT2D eigenvalue weighted by Crippen LogP contribution is 2.32. The molecule has 2 aromatic carbocycles. The van der Waals surface area contributed by atoms with Crippen molar-refractivity contribution in [3.63, 3.8) is 0 Å². The average Bonchev–Trinajstić information content (AvgIpc) is 3.46. The lowest BCUT2D eigenvalue weighted by molar-refractivity contribution is -0.137. The van der Waals surface area contributed by atoms with E-state index in [0.717, 1.165) is 30.5 Å². The molecule has 9 nitrogen and oxygen atoms in total. The Balaban J connectivity index is 1.33. The average molecular weight is 594 g/mol. The van der Waals surface area contributed by atoms with Gasteiger partial charge >= 0.3 is 18.2 Å². The number of aromatic carboxylic acids is 1. The number of piperidine rings is 1. The van der Waals surface area contributed by atoms with Crippen molar-refractivity contribution < 1.29 is 32.6 Å². The minimum absolute atomic E-state index is 0.197. The van der Waals surface area contributed by atoms with E-state index in [9.17, 15) is 27.9 Å². The van der Waals surface area contributed by atoms with Gasteiger partial charge in [0.05, 0.1) is 23.1 Å². The van der Waals surface area contributed by atoms with Gasteiger partial charge in [0, 0.05) is 24.2 Å². The van der Waals surface area contributed by atoms with Gasteiger partial charge < -0.3 is 14.7 Å². The van der Waals surface area contributed by atoms with E-state index in [2.05, 4.69) is 15.3 Å². The molecule has 1 saturated heterocycles. The molecule has 1 aliphatic rings. The molecule has 224 valence electrons. The number of carboxylic acids is 1. The molecule has 0 unspecified atom stereocenters. The number of ether oxygens (including phenoxy) is 1. The monoisotopic (exact) mass is 593 g/mol. The highest BCUT2D eigenvalue weighted by atomic mass is 19.4. The fourth-order valence-corrected chi connectivity index (χ4v) is 4.91. The lowest BCUT2D eigenvalue weighted by Crippen LogP contribution is -2.41. The van der Waals surface area contributed by atoms with Crippen LogP contribution in [0.3, 0.4) is 0 Å². The van der Waals surface area contributed by atoms with E-state index in [-0.39, 0.29) is 17.7 Å². The van der Waals surface area contributed by atoms with Crippen molar-refractivity contribution in [1.82, 2.24) is 24.9 Å².